The molecule has 3 nitrogen and oxygen atoms in total. The molecule has 0 aromatic heterocycles. The smallest absolute Gasteiger partial charge is 0.132 e. The Morgan fingerprint density at radius 3 is 1.78 bits per heavy atom. The third kappa shape index (κ3) is 8.15. The summed E-state index contributed by atoms with van der Waals surface area (Å²) < 4.78 is 15.1. The molecule has 0 radical (unpaired) electrons. The lowest BCUT2D eigenvalue weighted by atomic mass is 10.2. The van der Waals surface area contributed by atoms with Gasteiger partial charge in [0, 0.05) is 6.66 Å². The summed E-state index contributed by atoms with van der Waals surface area (Å²) in [6, 6.07) is 0. The van der Waals surface area contributed by atoms with Crippen LogP contribution in [-0.2, 0) is 9.09 Å². The van der Waals surface area contributed by atoms with Gasteiger partial charge < -0.3 is 14.0 Å². The molecule has 1 atom stereocenters. The maximum Gasteiger partial charge on any atom is 0.132 e. The molecule has 0 saturated carbocycles. The highest BCUT2D eigenvalue weighted by molar-refractivity contribution is 7.50. The van der Waals surface area contributed by atoms with E-state index >= 15 is 0 Å². The van der Waals surface area contributed by atoms with Crippen LogP contribution < -0.4 is 4.89 Å². The van der Waals surface area contributed by atoms with Crippen LogP contribution in [0, 0.1) is 0 Å². The molecule has 0 amide bonds. The van der Waals surface area contributed by atoms with E-state index in [0.29, 0.717) is 0 Å². The highest BCUT2D eigenvalue weighted by Gasteiger charge is 2.14. The van der Waals surface area contributed by atoms with Gasteiger partial charge in [-0.15, -0.1) is 0 Å². The predicted molar refractivity (Wildman–Crippen MR) is 34.4 cm³/mol. The fourth-order valence-electron chi connectivity index (χ4n) is 0.497. The third-order valence-corrected chi connectivity index (χ3v) is 1.32. The second kappa shape index (κ2) is 2.41. The lowest BCUT2D eigenvalue weighted by Crippen LogP contribution is -2.20. The van der Waals surface area contributed by atoms with Crippen LogP contribution in [0.2, 0.25) is 0 Å². The highest BCUT2D eigenvalue weighted by atomic mass is 31.2. The van der Waals surface area contributed by atoms with E-state index in [1.807, 2.05) is 0 Å². The minimum absolute atomic E-state index is 0.591. The average molecular weight is 151 g/mol. The molecule has 0 N–H and O–H groups in total. The van der Waals surface area contributed by atoms with Crippen molar-refractivity contribution in [3.63, 3.8) is 0 Å². The molecule has 0 saturated heterocycles. The Kier molecular flexibility index (Phi) is 2.45. The van der Waals surface area contributed by atoms with Gasteiger partial charge in [-0.3, -0.25) is 0 Å². The van der Waals surface area contributed by atoms with E-state index in [0.717, 1.165) is 6.66 Å². The summed E-state index contributed by atoms with van der Waals surface area (Å²) in [6.07, 6.45) is 0. The molecule has 0 aliphatic carbocycles. The largest absolute Gasteiger partial charge is 0.779 e. The first-order valence-corrected chi connectivity index (χ1v) is 4.69. The molecule has 0 bridgehead atoms. The lowest BCUT2D eigenvalue weighted by molar-refractivity contribution is -0.204. The minimum Gasteiger partial charge on any atom is -0.779 e. The molecular formula is C5H12O3P-. The van der Waals surface area contributed by atoms with Crippen LogP contribution in [0.25, 0.3) is 0 Å². The summed E-state index contributed by atoms with van der Waals surface area (Å²) in [4.78, 5) is 10.5. The normalized spacial score (nSPS) is 19.2. The Labute approximate surface area is 55.6 Å². The number of hydrogen-bond acceptors (Lipinski definition) is 3. The first-order chi connectivity index (χ1) is 3.71. The topological polar surface area (TPSA) is 49.4 Å². The Morgan fingerprint density at radius 2 is 1.78 bits per heavy atom. The molecule has 0 spiro atoms. The van der Waals surface area contributed by atoms with Crippen LogP contribution in [0.1, 0.15) is 20.8 Å². The third-order valence-electron chi connectivity index (χ3n) is 0.440. The van der Waals surface area contributed by atoms with E-state index in [2.05, 4.69) is 4.52 Å². The van der Waals surface area contributed by atoms with Gasteiger partial charge in [-0.25, -0.2) is 0 Å². The highest BCUT2D eigenvalue weighted by Crippen LogP contribution is 2.36. The van der Waals surface area contributed by atoms with Crippen LogP contribution in [0.5, 0.6) is 0 Å². The van der Waals surface area contributed by atoms with Gasteiger partial charge in [-0.2, -0.15) is 0 Å². The van der Waals surface area contributed by atoms with Gasteiger partial charge in [0.15, 0.2) is 0 Å². The van der Waals surface area contributed by atoms with E-state index in [4.69, 9.17) is 0 Å². The Bertz CT molecular complexity index is 130. The zero-order valence-electron chi connectivity index (χ0n) is 6.17. The molecule has 56 valence electrons. The SMILES string of the molecule is CC(C)(C)OP(C)(=O)[O-]. The maximum atomic E-state index is 10.5. The fraction of sp³-hybridized carbons (Fsp3) is 1.00. The van der Waals surface area contributed by atoms with Crippen LogP contribution in [0.4, 0.5) is 0 Å². The number of hydrogen-bond donors (Lipinski definition) is 0. The Morgan fingerprint density at radius 1 is 1.44 bits per heavy atom. The second-order valence-electron chi connectivity index (χ2n) is 2.97. The monoisotopic (exact) mass is 151 g/mol. The molecule has 0 rings (SSSR count). The minimum atomic E-state index is -3.54. The molecule has 0 aliphatic heterocycles. The summed E-state index contributed by atoms with van der Waals surface area (Å²) in [5.41, 5.74) is -0.591. The van der Waals surface area contributed by atoms with Crippen molar-refractivity contribution in [3.8, 4) is 0 Å². The predicted octanol–water partition coefficient (Wildman–Crippen LogP) is 0.985. The molecule has 0 heterocycles. The zero-order chi connectivity index (χ0) is 7.71. The lowest BCUT2D eigenvalue weighted by Gasteiger charge is -2.28. The quantitative estimate of drug-likeness (QED) is 0.525. The zero-order valence-corrected chi connectivity index (χ0v) is 7.07. The Hall–Kier alpha value is 0.150. The maximum absolute atomic E-state index is 10.5. The van der Waals surface area contributed by atoms with Gasteiger partial charge in [-0.1, -0.05) is 0 Å². The standard InChI is InChI=1S/C5H13O3P/c1-5(2,3)8-9(4,6)7/h1-4H3,(H,6,7)/p-1. The van der Waals surface area contributed by atoms with Crippen LogP contribution in [-0.4, -0.2) is 12.3 Å². The molecule has 0 fully saturated rings. The van der Waals surface area contributed by atoms with Crippen LogP contribution in [0.3, 0.4) is 0 Å². The van der Waals surface area contributed by atoms with Crippen molar-refractivity contribution in [1.29, 1.82) is 0 Å². The molecule has 4 heteroatoms. The van der Waals surface area contributed by atoms with E-state index in [9.17, 15) is 9.46 Å². The van der Waals surface area contributed by atoms with Crippen molar-refractivity contribution in [1.82, 2.24) is 0 Å². The van der Waals surface area contributed by atoms with Gasteiger partial charge in [0.05, 0.1) is 5.60 Å². The molecule has 0 aromatic rings. The second-order valence-corrected chi connectivity index (χ2v) is 4.70. The van der Waals surface area contributed by atoms with Gasteiger partial charge in [0.1, 0.15) is 7.60 Å². The van der Waals surface area contributed by atoms with Crippen molar-refractivity contribution in [2.75, 3.05) is 6.66 Å². The number of rotatable bonds is 1. The van der Waals surface area contributed by atoms with E-state index < -0.39 is 13.2 Å². The summed E-state index contributed by atoms with van der Waals surface area (Å²) in [5, 5.41) is 0. The fourth-order valence-corrected chi connectivity index (χ4v) is 1.49. The van der Waals surface area contributed by atoms with Crippen molar-refractivity contribution in [2.45, 2.75) is 26.4 Å². The molecule has 1 unspecified atom stereocenters. The summed E-state index contributed by atoms with van der Waals surface area (Å²) in [5.74, 6) is 0. The van der Waals surface area contributed by atoms with Crippen molar-refractivity contribution >= 4 is 7.60 Å². The van der Waals surface area contributed by atoms with Crippen molar-refractivity contribution in [3.05, 3.63) is 0 Å². The van der Waals surface area contributed by atoms with Crippen molar-refractivity contribution < 1.29 is 14.0 Å². The molecular weight excluding hydrogens is 139 g/mol. The van der Waals surface area contributed by atoms with E-state index in [1.54, 1.807) is 20.8 Å². The molecule has 0 aliphatic rings. The summed E-state index contributed by atoms with van der Waals surface area (Å²) in [7, 11) is -3.54. The van der Waals surface area contributed by atoms with Gasteiger partial charge in [-0.05, 0) is 20.8 Å². The first-order valence-electron chi connectivity index (χ1n) is 2.70. The summed E-state index contributed by atoms with van der Waals surface area (Å²) in [6.45, 7) is 6.15. The van der Waals surface area contributed by atoms with E-state index in [-0.39, 0.29) is 0 Å². The molecule has 9 heavy (non-hydrogen) atoms. The first kappa shape index (κ1) is 9.15. The van der Waals surface area contributed by atoms with Crippen LogP contribution in [0.15, 0.2) is 0 Å². The Balaban J connectivity index is 3.90. The van der Waals surface area contributed by atoms with Gasteiger partial charge in [0.2, 0.25) is 0 Å². The summed E-state index contributed by atoms with van der Waals surface area (Å²) >= 11 is 0. The van der Waals surface area contributed by atoms with Crippen molar-refractivity contribution in [2.24, 2.45) is 0 Å². The van der Waals surface area contributed by atoms with Gasteiger partial charge in [0.25, 0.3) is 0 Å². The van der Waals surface area contributed by atoms with Gasteiger partial charge >= 0.3 is 0 Å². The van der Waals surface area contributed by atoms with E-state index in [1.165, 1.54) is 0 Å². The van der Waals surface area contributed by atoms with Crippen LogP contribution >= 0.6 is 7.60 Å². The molecule has 0 aromatic carbocycles. The average Bonchev–Trinajstić information content (AvgIpc) is 1.14.